The molecule has 0 saturated carbocycles. The van der Waals surface area contributed by atoms with Crippen molar-refractivity contribution in [3.05, 3.63) is 24.0 Å². The molecule has 0 N–H and O–H groups in total. The lowest BCUT2D eigenvalue weighted by Crippen LogP contribution is -2.01. The highest BCUT2D eigenvalue weighted by Crippen LogP contribution is 2.27. The number of halogens is 2. The first-order valence-corrected chi connectivity index (χ1v) is 6.63. The maximum absolute atomic E-state index is 12.8. The third-order valence-electron chi connectivity index (χ3n) is 1.63. The van der Waals surface area contributed by atoms with E-state index in [0.29, 0.717) is 13.0 Å². The lowest BCUT2D eigenvalue weighted by molar-refractivity contribution is 0.307. The quantitative estimate of drug-likeness (QED) is 0.774. The van der Waals surface area contributed by atoms with Crippen LogP contribution in [0.4, 0.5) is 4.39 Å². The predicted molar refractivity (Wildman–Crippen MR) is 55.2 cm³/mol. The summed E-state index contributed by atoms with van der Waals surface area (Å²) in [4.78, 5) is -0.209. The molecular weight excluding hydrogens is 243 g/mol. The summed E-state index contributed by atoms with van der Waals surface area (Å²) in [5.74, 6) is -0.614. The van der Waals surface area contributed by atoms with Gasteiger partial charge in [0, 0.05) is 16.7 Å². The van der Waals surface area contributed by atoms with Crippen LogP contribution in [0.2, 0.25) is 0 Å². The Balaban J connectivity index is 3.15. The summed E-state index contributed by atoms with van der Waals surface area (Å²) in [7, 11) is 1.26. The Morgan fingerprint density at radius 2 is 2.13 bits per heavy atom. The second kappa shape index (κ2) is 4.81. The minimum Gasteiger partial charge on any atom is -0.492 e. The molecular formula is C9H10ClFO3S. The van der Waals surface area contributed by atoms with E-state index in [9.17, 15) is 12.8 Å². The molecule has 84 valence electrons. The van der Waals surface area contributed by atoms with Gasteiger partial charge in [-0.25, -0.2) is 12.8 Å². The minimum absolute atomic E-state index is 0.0492. The van der Waals surface area contributed by atoms with Gasteiger partial charge in [-0.05, 0) is 18.6 Å². The predicted octanol–water partition coefficient (Wildman–Crippen LogP) is 2.54. The summed E-state index contributed by atoms with van der Waals surface area (Å²) in [5.41, 5.74) is 0. The SMILES string of the molecule is CCCOc1cc(F)ccc1S(=O)(=O)Cl. The first-order valence-electron chi connectivity index (χ1n) is 4.32. The zero-order chi connectivity index (χ0) is 11.5. The molecule has 0 amide bonds. The minimum atomic E-state index is -3.90. The van der Waals surface area contributed by atoms with Crippen LogP contribution in [0.15, 0.2) is 23.1 Å². The summed E-state index contributed by atoms with van der Waals surface area (Å²) >= 11 is 0. The lowest BCUT2D eigenvalue weighted by Gasteiger charge is -2.08. The smallest absolute Gasteiger partial charge is 0.264 e. The zero-order valence-electron chi connectivity index (χ0n) is 8.04. The van der Waals surface area contributed by atoms with Crippen LogP contribution in [0.5, 0.6) is 5.75 Å². The Kier molecular flexibility index (Phi) is 3.93. The normalized spacial score (nSPS) is 11.4. The standard InChI is InChI=1S/C9H10ClFO3S/c1-2-5-14-8-6-7(11)3-4-9(8)15(10,12)13/h3-4,6H,2,5H2,1H3. The molecule has 6 heteroatoms. The molecule has 0 aliphatic heterocycles. The van der Waals surface area contributed by atoms with Crippen molar-refractivity contribution in [2.45, 2.75) is 18.2 Å². The number of rotatable bonds is 4. The average Bonchev–Trinajstić information content (AvgIpc) is 2.12. The van der Waals surface area contributed by atoms with Crippen molar-refractivity contribution >= 4 is 19.7 Å². The van der Waals surface area contributed by atoms with E-state index in [4.69, 9.17) is 15.4 Å². The van der Waals surface area contributed by atoms with Gasteiger partial charge in [0.25, 0.3) is 9.05 Å². The van der Waals surface area contributed by atoms with E-state index in [2.05, 4.69) is 0 Å². The molecule has 0 saturated heterocycles. The van der Waals surface area contributed by atoms with E-state index in [1.54, 1.807) is 0 Å². The Hall–Kier alpha value is -0.810. The third-order valence-corrected chi connectivity index (χ3v) is 2.99. The molecule has 1 aromatic rings. The summed E-state index contributed by atoms with van der Waals surface area (Å²) in [6, 6.07) is 3.11. The van der Waals surface area contributed by atoms with Crippen LogP contribution in [0.3, 0.4) is 0 Å². The van der Waals surface area contributed by atoms with Gasteiger partial charge in [-0.2, -0.15) is 0 Å². The van der Waals surface area contributed by atoms with Gasteiger partial charge in [0.1, 0.15) is 16.5 Å². The molecule has 0 radical (unpaired) electrons. The highest BCUT2D eigenvalue weighted by molar-refractivity contribution is 8.13. The Morgan fingerprint density at radius 3 is 2.67 bits per heavy atom. The molecule has 0 spiro atoms. The van der Waals surface area contributed by atoms with Gasteiger partial charge in [-0.3, -0.25) is 0 Å². The van der Waals surface area contributed by atoms with E-state index in [1.807, 2.05) is 6.92 Å². The van der Waals surface area contributed by atoms with Gasteiger partial charge in [0.2, 0.25) is 0 Å². The molecule has 3 nitrogen and oxygen atoms in total. The van der Waals surface area contributed by atoms with Crippen LogP contribution < -0.4 is 4.74 Å². The Bertz CT molecular complexity index is 445. The average molecular weight is 253 g/mol. The summed E-state index contributed by atoms with van der Waals surface area (Å²) in [5, 5.41) is 0. The maximum atomic E-state index is 12.8. The van der Waals surface area contributed by atoms with E-state index in [0.717, 1.165) is 18.2 Å². The fraction of sp³-hybridized carbons (Fsp3) is 0.333. The zero-order valence-corrected chi connectivity index (χ0v) is 9.61. The van der Waals surface area contributed by atoms with Crippen LogP contribution in [-0.4, -0.2) is 15.0 Å². The van der Waals surface area contributed by atoms with E-state index >= 15 is 0 Å². The van der Waals surface area contributed by atoms with Gasteiger partial charge in [-0.1, -0.05) is 6.92 Å². The molecule has 0 atom stereocenters. The molecule has 0 aromatic heterocycles. The van der Waals surface area contributed by atoms with Crippen molar-refractivity contribution in [1.29, 1.82) is 0 Å². The number of benzene rings is 1. The van der Waals surface area contributed by atoms with Crippen LogP contribution in [0.1, 0.15) is 13.3 Å². The van der Waals surface area contributed by atoms with Crippen LogP contribution in [0.25, 0.3) is 0 Å². The number of hydrogen-bond acceptors (Lipinski definition) is 3. The Labute approximate surface area is 92.2 Å². The van der Waals surface area contributed by atoms with Gasteiger partial charge < -0.3 is 4.74 Å². The van der Waals surface area contributed by atoms with Gasteiger partial charge in [0.05, 0.1) is 6.61 Å². The first kappa shape index (κ1) is 12.3. The molecule has 1 rings (SSSR count). The first-order chi connectivity index (χ1) is 6.95. The third kappa shape index (κ3) is 3.35. The van der Waals surface area contributed by atoms with Gasteiger partial charge >= 0.3 is 0 Å². The topological polar surface area (TPSA) is 43.4 Å². The molecule has 0 heterocycles. The molecule has 15 heavy (non-hydrogen) atoms. The lowest BCUT2D eigenvalue weighted by atomic mass is 10.3. The maximum Gasteiger partial charge on any atom is 0.264 e. The van der Waals surface area contributed by atoms with Crippen molar-refractivity contribution < 1.29 is 17.5 Å². The van der Waals surface area contributed by atoms with E-state index < -0.39 is 14.9 Å². The van der Waals surface area contributed by atoms with Crippen molar-refractivity contribution in [1.82, 2.24) is 0 Å². The van der Waals surface area contributed by atoms with Crippen LogP contribution in [0, 0.1) is 5.82 Å². The Morgan fingerprint density at radius 1 is 1.47 bits per heavy atom. The monoisotopic (exact) mass is 252 g/mol. The number of ether oxygens (including phenoxy) is 1. The summed E-state index contributed by atoms with van der Waals surface area (Å²) in [6.07, 6.45) is 0.693. The highest BCUT2D eigenvalue weighted by atomic mass is 35.7. The summed E-state index contributed by atoms with van der Waals surface area (Å²) < 4.78 is 40.1. The van der Waals surface area contributed by atoms with Crippen molar-refractivity contribution in [3.63, 3.8) is 0 Å². The fourth-order valence-corrected chi connectivity index (χ4v) is 1.98. The van der Waals surface area contributed by atoms with Gasteiger partial charge in [-0.15, -0.1) is 0 Å². The molecule has 0 bridgehead atoms. The van der Waals surface area contributed by atoms with Crippen molar-refractivity contribution in [2.24, 2.45) is 0 Å². The highest BCUT2D eigenvalue weighted by Gasteiger charge is 2.17. The molecule has 0 aliphatic rings. The number of hydrogen-bond donors (Lipinski definition) is 0. The molecule has 0 aliphatic carbocycles. The molecule has 0 unspecified atom stereocenters. The van der Waals surface area contributed by atoms with E-state index in [-0.39, 0.29) is 10.6 Å². The van der Waals surface area contributed by atoms with E-state index in [1.165, 1.54) is 0 Å². The molecule has 0 fully saturated rings. The van der Waals surface area contributed by atoms with Crippen LogP contribution in [-0.2, 0) is 9.05 Å². The van der Waals surface area contributed by atoms with Crippen molar-refractivity contribution in [2.75, 3.05) is 6.61 Å². The second-order valence-corrected chi connectivity index (χ2v) is 5.41. The van der Waals surface area contributed by atoms with Crippen LogP contribution >= 0.6 is 10.7 Å². The fourth-order valence-electron chi connectivity index (χ4n) is 1.01. The van der Waals surface area contributed by atoms with Gasteiger partial charge in [0.15, 0.2) is 0 Å². The molecule has 1 aromatic carbocycles. The summed E-state index contributed by atoms with van der Waals surface area (Å²) in [6.45, 7) is 2.16. The largest absolute Gasteiger partial charge is 0.492 e. The second-order valence-electron chi connectivity index (χ2n) is 2.88. The van der Waals surface area contributed by atoms with Crippen molar-refractivity contribution in [3.8, 4) is 5.75 Å².